The van der Waals surface area contributed by atoms with Crippen molar-refractivity contribution in [3.8, 4) is 5.75 Å². The lowest BCUT2D eigenvalue weighted by Gasteiger charge is -2.32. The van der Waals surface area contributed by atoms with Gasteiger partial charge >= 0.3 is 30.2 Å². The van der Waals surface area contributed by atoms with Gasteiger partial charge in [-0.25, -0.2) is 24.0 Å². The Morgan fingerprint density at radius 1 is 0.539 bits per heavy atom. The van der Waals surface area contributed by atoms with Crippen molar-refractivity contribution < 1.29 is 53.1 Å². The maximum Gasteiger partial charge on any atom is 0.410 e. The van der Waals surface area contributed by atoms with Crippen LogP contribution in [0.1, 0.15) is 133 Å². The summed E-state index contributed by atoms with van der Waals surface area (Å²) < 4.78 is 20.8. The summed E-state index contributed by atoms with van der Waals surface area (Å²) in [4.78, 5) is 64.2. The van der Waals surface area contributed by atoms with E-state index in [0.717, 1.165) is 69.9 Å². The van der Waals surface area contributed by atoms with Gasteiger partial charge < -0.3 is 49.2 Å². The van der Waals surface area contributed by atoms with Crippen LogP contribution in [0.15, 0.2) is 36.4 Å². The number of halogens is 6. The van der Waals surface area contributed by atoms with Crippen LogP contribution >= 0.6 is 69.6 Å². The van der Waals surface area contributed by atoms with Crippen LogP contribution in [0.2, 0.25) is 30.1 Å². The summed E-state index contributed by atoms with van der Waals surface area (Å²) in [5, 5.41) is 23.7. The number of fused-ring (bicyclic) bond motifs is 4. The standard InChI is InChI=1S/C16H19Cl2NO4.C15H17Cl2NO4.C15H19Cl2NO2.C9H11NO/c1-16(2,3)23-15(21)19-6-5-10-9(8-19)7-11(17)12(13(10)18)14(20)22-4;1-15(2,3)22-14(21)18-5-4-9-8(7-18)6-10(16)11(12(9)17)13(19)20;1-9-12(16)7-10-8-18(6-5-11(10)13(9)17)14(19)20-15(2,3)4;11-9-2-1-8-6-10-4-3-7(8)5-9/h7H,5-6,8H2,1-4H3;6H,4-5,7H2,1-3H3,(H,19,20);7H,5-6,8H2,1-4H3;1-2,5,10-11H,3-4,6H2. The van der Waals surface area contributed by atoms with Crippen LogP contribution in [-0.2, 0) is 70.8 Å². The Morgan fingerprint density at radius 3 is 1.34 bits per heavy atom. The Labute approximate surface area is 474 Å². The number of ether oxygens (including phenoxy) is 4. The second-order valence-electron chi connectivity index (χ2n) is 21.4. The van der Waals surface area contributed by atoms with Crippen LogP contribution in [0.4, 0.5) is 14.4 Å². The highest BCUT2D eigenvalue weighted by molar-refractivity contribution is 6.41. The Balaban J connectivity index is 0.000000192. The number of hydrogen-bond acceptors (Lipinski definition) is 11. The van der Waals surface area contributed by atoms with Gasteiger partial charge in [0.25, 0.3) is 0 Å². The molecule has 4 aromatic carbocycles. The zero-order valence-electron chi connectivity index (χ0n) is 44.6. The van der Waals surface area contributed by atoms with Crippen LogP contribution in [0, 0.1) is 6.92 Å². The first kappa shape index (κ1) is 62.0. The van der Waals surface area contributed by atoms with E-state index in [-0.39, 0.29) is 38.4 Å². The minimum Gasteiger partial charge on any atom is -0.508 e. The Hall–Kier alpha value is -4.87. The molecule has 15 nitrogen and oxygen atoms in total. The molecule has 4 aliphatic heterocycles. The predicted molar refractivity (Wildman–Crippen MR) is 297 cm³/mol. The van der Waals surface area contributed by atoms with E-state index < -0.39 is 34.8 Å². The zero-order chi connectivity index (χ0) is 56.8. The molecule has 414 valence electrons. The van der Waals surface area contributed by atoms with Gasteiger partial charge in [-0.2, -0.15) is 0 Å². The van der Waals surface area contributed by atoms with Gasteiger partial charge in [0, 0.05) is 55.9 Å². The van der Waals surface area contributed by atoms with Crippen LogP contribution in [0.5, 0.6) is 5.75 Å². The fraction of sp³-hybridized carbons (Fsp3) is 0.473. The number of aromatic hydroxyl groups is 1. The van der Waals surface area contributed by atoms with Gasteiger partial charge in [0.15, 0.2) is 0 Å². The number of phenolic OH excluding ortho intramolecular Hbond substituents is 1. The second kappa shape index (κ2) is 25.7. The van der Waals surface area contributed by atoms with E-state index in [4.69, 9.17) is 98.8 Å². The molecule has 0 aromatic heterocycles. The maximum atomic E-state index is 12.2. The highest BCUT2D eigenvalue weighted by Crippen LogP contribution is 2.38. The van der Waals surface area contributed by atoms with E-state index in [1.807, 2.05) is 66.7 Å². The molecule has 0 bridgehead atoms. The molecule has 8 rings (SSSR count). The number of carboxylic acid groups (broad SMARTS) is 1. The number of nitrogens with zero attached hydrogens (tertiary/aromatic N) is 3. The quantitative estimate of drug-likeness (QED) is 0.128. The third kappa shape index (κ3) is 16.6. The molecule has 76 heavy (non-hydrogen) atoms. The number of hydrogen-bond donors (Lipinski definition) is 3. The number of carbonyl (C=O) groups is 5. The van der Waals surface area contributed by atoms with E-state index in [1.165, 1.54) is 18.2 Å². The first-order valence-electron chi connectivity index (χ1n) is 24.5. The van der Waals surface area contributed by atoms with E-state index >= 15 is 0 Å². The minimum atomic E-state index is -1.16. The summed E-state index contributed by atoms with van der Waals surface area (Å²) in [6.07, 6.45) is 1.66. The molecule has 3 N–H and O–H groups in total. The van der Waals surface area contributed by atoms with Crippen LogP contribution in [0.3, 0.4) is 0 Å². The van der Waals surface area contributed by atoms with E-state index in [9.17, 15) is 24.0 Å². The fourth-order valence-corrected chi connectivity index (χ4v) is 10.6. The SMILES string of the molecule is CC(C)(C)OC(=O)N1CCc2c(cc(Cl)c(C(=O)O)c2Cl)C1.COC(=O)c1c(Cl)cc2c(c1Cl)CCN(C(=O)OC(C)(C)C)C2.Cc1c(Cl)cc2c(c1Cl)CCN(C(=O)OC(C)(C)C)C2.Oc1ccc2c(c1)CCNC2. The highest BCUT2D eigenvalue weighted by atomic mass is 35.5. The number of rotatable bonds is 2. The number of aromatic carboxylic acids is 1. The molecule has 21 heteroatoms. The first-order chi connectivity index (χ1) is 35.3. The zero-order valence-corrected chi connectivity index (χ0v) is 49.2. The number of benzene rings is 4. The molecule has 0 spiro atoms. The monoisotopic (exact) mass is 1170 g/mol. The third-order valence-corrected chi connectivity index (χ3v) is 14.4. The first-order valence-corrected chi connectivity index (χ1v) is 26.8. The van der Waals surface area contributed by atoms with Gasteiger partial charge in [-0.3, -0.25) is 0 Å². The van der Waals surface area contributed by atoms with Gasteiger partial charge in [0.1, 0.15) is 22.6 Å². The van der Waals surface area contributed by atoms with Crippen molar-refractivity contribution in [1.29, 1.82) is 0 Å². The molecule has 3 amide bonds. The second-order valence-corrected chi connectivity index (χ2v) is 23.8. The smallest absolute Gasteiger partial charge is 0.410 e. The highest BCUT2D eigenvalue weighted by Gasteiger charge is 2.32. The lowest BCUT2D eigenvalue weighted by molar-refractivity contribution is 0.0214. The molecule has 0 unspecified atom stereocenters. The number of nitrogens with one attached hydrogen (secondary N) is 1. The Morgan fingerprint density at radius 2 is 0.934 bits per heavy atom. The average molecular weight is 1170 g/mol. The number of methoxy groups -OCH3 is 1. The average Bonchev–Trinajstić information content (AvgIpc) is 3.31. The molecule has 0 atom stereocenters. The molecule has 0 radical (unpaired) electrons. The van der Waals surface area contributed by atoms with Crippen LogP contribution < -0.4 is 5.32 Å². The molecule has 0 saturated carbocycles. The molecular weight excluding hydrogens is 1110 g/mol. The van der Waals surface area contributed by atoms with Gasteiger partial charge in [0.05, 0.1) is 38.3 Å². The molecule has 4 aromatic rings. The molecule has 0 aliphatic carbocycles. The third-order valence-electron chi connectivity index (χ3n) is 12.1. The van der Waals surface area contributed by atoms with Crippen molar-refractivity contribution >= 4 is 99.8 Å². The number of amides is 3. The summed E-state index contributed by atoms with van der Waals surface area (Å²) in [7, 11) is 1.28. The number of phenols is 1. The van der Waals surface area contributed by atoms with Crippen molar-refractivity contribution in [3.63, 3.8) is 0 Å². The van der Waals surface area contributed by atoms with E-state index in [1.54, 1.807) is 53.7 Å². The lowest BCUT2D eigenvalue weighted by Crippen LogP contribution is -2.40. The van der Waals surface area contributed by atoms with Crippen LogP contribution in [-0.4, -0.2) is 105 Å². The number of carboxylic acids is 1. The summed E-state index contributed by atoms with van der Waals surface area (Å²) >= 11 is 37.1. The summed E-state index contributed by atoms with van der Waals surface area (Å²) in [6, 6.07) is 10.7. The maximum absolute atomic E-state index is 12.2. The predicted octanol–water partition coefficient (Wildman–Crippen LogP) is 13.7. The van der Waals surface area contributed by atoms with Crippen molar-refractivity contribution in [2.45, 2.75) is 138 Å². The lowest BCUT2D eigenvalue weighted by atomic mass is 9.97. The summed E-state index contributed by atoms with van der Waals surface area (Å²) in [5.41, 5.74) is 7.16. The van der Waals surface area contributed by atoms with E-state index in [0.29, 0.717) is 67.9 Å². The fourth-order valence-electron chi connectivity index (χ4n) is 8.46. The van der Waals surface area contributed by atoms with Crippen molar-refractivity contribution in [2.75, 3.05) is 33.3 Å². The van der Waals surface area contributed by atoms with Gasteiger partial charge in [-0.15, -0.1) is 0 Å². The number of esters is 1. The molecule has 4 aliphatic rings. The summed E-state index contributed by atoms with van der Waals surface area (Å²) in [5.74, 6) is -1.35. The topological polar surface area (TPSA) is 184 Å². The molecule has 4 heterocycles. The van der Waals surface area contributed by atoms with Crippen molar-refractivity contribution in [2.24, 2.45) is 0 Å². The van der Waals surface area contributed by atoms with Crippen molar-refractivity contribution in [1.82, 2.24) is 20.0 Å². The van der Waals surface area contributed by atoms with Crippen molar-refractivity contribution in [3.05, 3.63) is 128 Å². The molecular formula is C55H66Cl6N4O11. The van der Waals surface area contributed by atoms with Gasteiger partial charge in [0.2, 0.25) is 0 Å². The van der Waals surface area contributed by atoms with E-state index in [2.05, 4.69) is 5.32 Å². The van der Waals surface area contributed by atoms with Gasteiger partial charge in [-0.05, 0) is 182 Å². The Bertz CT molecular complexity index is 2860. The molecule has 0 fully saturated rings. The van der Waals surface area contributed by atoms with Crippen LogP contribution in [0.25, 0.3) is 0 Å². The number of carbonyl (C=O) groups excluding carboxylic acids is 4. The normalized spacial score (nSPS) is 14.8. The molecule has 0 saturated heterocycles. The Kier molecular flexibility index (Phi) is 21.0. The largest absolute Gasteiger partial charge is 0.508 e. The summed E-state index contributed by atoms with van der Waals surface area (Å²) in [6.45, 7) is 22.9. The van der Waals surface area contributed by atoms with Gasteiger partial charge in [-0.1, -0.05) is 75.7 Å². The minimum absolute atomic E-state index is 0.0716.